The van der Waals surface area contributed by atoms with Crippen molar-refractivity contribution in [2.75, 3.05) is 6.61 Å². The fraction of sp³-hybridized carbons (Fsp3) is 0.133. The summed E-state index contributed by atoms with van der Waals surface area (Å²) >= 11 is 16.7. The Bertz CT molecular complexity index is 882. The number of rotatable bonds is 6. The summed E-state index contributed by atoms with van der Waals surface area (Å²) in [5, 5.41) is 9.25. The maximum atomic E-state index is 12.8. The van der Waals surface area contributed by atoms with Gasteiger partial charge >= 0.3 is 11.9 Å². The topological polar surface area (TPSA) is 78.7 Å². The molecule has 0 unspecified atom stereocenters. The van der Waals surface area contributed by atoms with Crippen molar-refractivity contribution in [3.05, 3.63) is 56.1 Å². The number of nitrogens with zero attached hydrogens (tertiary/aromatic N) is 1. The molecule has 6 nitrogen and oxygen atoms in total. The molecule has 12 heteroatoms. The molecule has 2 rings (SSSR count). The normalized spacial score (nSPS) is 11.2. The number of alkyl halides is 3. The first-order valence-corrected chi connectivity index (χ1v) is 7.96. The van der Waals surface area contributed by atoms with Gasteiger partial charge < -0.3 is 9.47 Å². The minimum absolute atomic E-state index is 0.0822. The number of hydrogen-bond acceptors (Lipinski definition) is 5. The number of nitro benzene ring substituents is 1. The lowest BCUT2D eigenvalue weighted by molar-refractivity contribution is -0.385. The summed E-state index contributed by atoms with van der Waals surface area (Å²) in [6.07, 6.45) is -4.66. The maximum Gasteiger partial charge on any atom is 0.416 e. The zero-order chi connectivity index (χ0) is 20.4. The molecule has 0 fully saturated rings. The number of hydrogen-bond donors (Lipinski definition) is 0. The van der Waals surface area contributed by atoms with Crippen LogP contribution in [-0.4, -0.2) is 16.8 Å². The van der Waals surface area contributed by atoms with E-state index in [2.05, 4.69) is 0 Å². The van der Waals surface area contributed by atoms with Crippen molar-refractivity contribution < 1.29 is 32.4 Å². The van der Waals surface area contributed by atoms with Crippen LogP contribution in [0.5, 0.6) is 17.2 Å². The molecule has 2 aromatic rings. The molecule has 2 aromatic carbocycles. The van der Waals surface area contributed by atoms with E-state index >= 15 is 0 Å². The molecule has 0 aromatic heterocycles. The molecule has 0 aliphatic rings. The molecule has 0 radical (unpaired) electrons. The van der Waals surface area contributed by atoms with Gasteiger partial charge in [-0.3, -0.25) is 14.9 Å². The lowest BCUT2D eigenvalue weighted by Gasteiger charge is -2.14. The van der Waals surface area contributed by atoms with Crippen molar-refractivity contribution >= 4 is 45.7 Å². The van der Waals surface area contributed by atoms with Gasteiger partial charge in [0.05, 0.1) is 20.5 Å². The monoisotopic (exact) mass is 443 g/mol. The van der Waals surface area contributed by atoms with E-state index in [1.54, 1.807) is 0 Å². The van der Waals surface area contributed by atoms with Gasteiger partial charge in [0.2, 0.25) is 5.75 Å². The number of ether oxygens (including phenoxy) is 2. The standard InChI is InChI=1S/C15H7Cl3F3NO5/c16-9-3-7(15(19,20)21)4-10(17)14(9)27-8-1-2-11(22(24)25)12(5-8)26-6-13(18)23/h1-5H,6H2. The molecule has 27 heavy (non-hydrogen) atoms. The van der Waals surface area contributed by atoms with E-state index in [1.165, 1.54) is 0 Å². The average molecular weight is 445 g/mol. The highest BCUT2D eigenvalue weighted by Gasteiger charge is 2.32. The van der Waals surface area contributed by atoms with E-state index in [4.69, 9.17) is 44.3 Å². The Labute approximate surface area is 164 Å². The second-order valence-electron chi connectivity index (χ2n) is 4.90. The van der Waals surface area contributed by atoms with E-state index < -0.39 is 44.2 Å². The van der Waals surface area contributed by atoms with Gasteiger partial charge in [0, 0.05) is 12.1 Å². The molecule has 0 aliphatic carbocycles. The highest BCUT2D eigenvalue weighted by atomic mass is 35.5. The van der Waals surface area contributed by atoms with Crippen molar-refractivity contribution in [3.63, 3.8) is 0 Å². The van der Waals surface area contributed by atoms with Crippen LogP contribution in [0.2, 0.25) is 10.0 Å². The second kappa shape index (κ2) is 8.20. The van der Waals surface area contributed by atoms with Gasteiger partial charge in [0.25, 0.3) is 5.24 Å². The lowest BCUT2D eigenvalue weighted by atomic mass is 10.2. The van der Waals surface area contributed by atoms with Gasteiger partial charge in [0.1, 0.15) is 5.75 Å². The fourth-order valence-corrected chi connectivity index (χ4v) is 2.52. The Morgan fingerprint density at radius 1 is 1.15 bits per heavy atom. The predicted molar refractivity (Wildman–Crippen MR) is 91.0 cm³/mol. The molecule has 144 valence electrons. The van der Waals surface area contributed by atoms with E-state index in [-0.39, 0.29) is 17.2 Å². The minimum Gasteiger partial charge on any atom is -0.477 e. The van der Waals surface area contributed by atoms with E-state index in [0.29, 0.717) is 12.1 Å². The Balaban J connectivity index is 2.38. The van der Waals surface area contributed by atoms with Crippen LogP contribution in [0.4, 0.5) is 18.9 Å². The van der Waals surface area contributed by atoms with E-state index in [9.17, 15) is 28.1 Å². The molecule has 0 N–H and O–H groups in total. The number of carbonyl (C=O) groups excluding carboxylic acids is 1. The molecule has 0 heterocycles. The summed E-state index contributed by atoms with van der Waals surface area (Å²) in [7, 11) is 0. The molecule has 0 saturated carbocycles. The summed E-state index contributed by atoms with van der Waals surface area (Å²) in [5.41, 5.74) is -1.55. The first kappa shape index (κ1) is 21.1. The van der Waals surface area contributed by atoms with Crippen molar-refractivity contribution in [1.82, 2.24) is 0 Å². The van der Waals surface area contributed by atoms with Crippen LogP contribution >= 0.6 is 34.8 Å². The van der Waals surface area contributed by atoms with Gasteiger partial charge in [-0.25, -0.2) is 0 Å². The summed E-state index contributed by atoms with van der Waals surface area (Å²) < 4.78 is 48.5. The van der Waals surface area contributed by atoms with Gasteiger partial charge in [-0.2, -0.15) is 13.2 Å². The highest BCUT2D eigenvalue weighted by molar-refractivity contribution is 6.63. The molecule has 0 saturated heterocycles. The lowest BCUT2D eigenvalue weighted by Crippen LogP contribution is -2.06. The molecule has 0 spiro atoms. The molecule has 0 bridgehead atoms. The first-order chi connectivity index (χ1) is 12.5. The van der Waals surface area contributed by atoms with Gasteiger partial charge in [0.15, 0.2) is 12.4 Å². The Morgan fingerprint density at radius 3 is 2.22 bits per heavy atom. The van der Waals surface area contributed by atoms with Crippen LogP contribution in [0.1, 0.15) is 5.56 Å². The number of halogens is 6. The summed E-state index contributed by atoms with van der Waals surface area (Å²) in [6, 6.07) is 4.45. The van der Waals surface area contributed by atoms with Gasteiger partial charge in [-0.05, 0) is 29.8 Å². The first-order valence-electron chi connectivity index (χ1n) is 6.82. The Hall–Kier alpha value is -2.23. The SMILES string of the molecule is O=C(Cl)COc1cc(Oc2c(Cl)cc(C(F)(F)F)cc2Cl)ccc1[N+](=O)[O-]. The van der Waals surface area contributed by atoms with Crippen LogP contribution in [0.15, 0.2) is 30.3 Å². The minimum atomic E-state index is -4.66. The Morgan fingerprint density at radius 2 is 1.74 bits per heavy atom. The summed E-state index contributed by atoms with van der Waals surface area (Å²) in [5.74, 6) is -0.716. The molecule has 0 amide bonds. The number of nitro groups is 1. The van der Waals surface area contributed by atoms with Crippen molar-refractivity contribution in [2.45, 2.75) is 6.18 Å². The maximum absolute atomic E-state index is 12.8. The van der Waals surface area contributed by atoms with Crippen LogP contribution in [0.3, 0.4) is 0 Å². The largest absolute Gasteiger partial charge is 0.477 e. The zero-order valence-electron chi connectivity index (χ0n) is 12.9. The van der Waals surface area contributed by atoms with Crippen LogP contribution in [0.25, 0.3) is 0 Å². The van der Waals surface area contributed by atoms with Crippen LogP contribution < -0.4 is 9.47 Å². The third kappa shape index (κ3) is 5.38. The van der Waals surface area contributed by atoms with E-state index in [1.807, 2.05) is 0 Å². The highest BCUT2D eigenvalue weighted by Crippen LogP contribution is 2.42. The Kier molecular flexibility index (Phi) is 6.40. The number of carbonyl (C=O) groups is 1. The van der Waals surface area contributed by atoms with Gasteiger partial charge in [-0.1, -0.05) is 23.2 Å². The molecule has 0 atom stereocenters. The summed E-state index contributed by atoms with van der Waals surface area (Å²) in [6.45, 7) is -0.645. The molecule has 0 aliphatic heterocycles. The smallest absolute Gasteiger partial charge is 0.416 e. The molecular formula is C15H7Cl3F3NO5. The van der Waals surface area contributed by atoms with Gasteiger partial charge in [-0.15, -0.1) is 0 Å². The fourth-order valence-electron chi connectivity index (χ4n) is 1.90. The number of benzene rings is 2. The van der Waals surface area contributed by atoms with Crippen molar-refractivity contribution in [3.8, 4) is 17.2 Å². The summed E-state index contributed by atoms with van der Waals surface area (Å²) in [4.78, 5) is 21.0. The van der Waals surface area contributed by atoms with Crippen LogP contribution in [0, 0.1) is 10.1 Å². The van der Waals surface area contributed by atoms with Crippen LogP contribution in [-0.2, 0) is 11.0 Å². The quantitative estimate of drug-likeness (QED) is 0.317. The third-order valence-electron chi connectivity index (χ3n) is 3.01. The van der Waals surface area contributed by atoms with Crippen molar-refractivity contribution in [1.29, 1.82) is 0 Å². The second-order valence-corrected chi connectivity index (χ2v) is 6.14. The molecular weight excluding hydrogens is 438 g/mol. The van der Waals surface area contributed by atoms with Crippen molar-refractivity contribution in [2.24, 2.45) is 0 Å². The third-order valence-corrected chi connectivity index (χ3v) is 3.69. The average Bonchev–Trinajstić information content (AvgIpc) is 2.55. The predicted octanol–water partition coefficient (Wildman–Crippen LogP) is 5.86. The zero-order valence-corrected chi connectivity index (χ0v) is 15.1. The van der Waals surface area contributed by atoms with E-state index in [0.717, 1.165) is 18.2 Å².